The lowest BCUT2D eigenvalue weighted by molar-refractivity contribution is -0.134. The summed E-state index contributed by atoms with van der Waals surface area (Å²) < 4.78 is 0. The molecule has 0 aliphatic rings. The number of anilines is 1. The van der Waals surface area contributed by atoms with E-state index in [2.05, 4.69) is 5.32 Å². The number of rotatable bonds is 5. The van der Waals surface area contributed by atoms with Crippen LogP contribution in [0.2, 0.25) is 0 Å². The highest BCUT2D eigenvalue weighted by atomic mass is 35.5. The number of aryl methyl sites for hydroxylation is 1. The van der Waals surface area contributed by atoms with Crippen LogP contribution in [0.3, 0.4) is 0 Å². The molecule has 0 spiro atoms. The summed E-state index contributed by atoms with van der Waals surface area (Å²) >= 11 is 5.86. The van der Waals surface area contributed by atoms with Gasteiger partial charge in [0.15, 0.2) is 11.2 Å². The van der Waals surface area contributed by atoms with Gasteiger partial charge in [0.1, 0.15) is 0 Å². The Kier molecular flexibility index (Phi) is 5.07. The summed E-state index contributed by atoms with van der Waals surface area (Å²) in [5.41, 5.74) is 1.75. The zero-order chi connectivity index (χ0) is 16.1. The smallest absolute Gasteiger partial charge is 0.293 e. The van der Waals surface area contributed by atoms with Crippen LogP contribution in [0.1, 0.15) is 15.9 Å². The maximum Gasteiger partial charge on any atom is 0.293 e. The fourth-order valence-electron chi connectivity index (χ4n) is 1.81. The molecule has 0 aliphatic carbocycles. The fraction of sp³-hybridized carbons (Fsp3) is 0.118. The second kappa shape index (κ2) is 7.00. The highest BCUT2D eigenvalue weighted by molar-refractivity contribution is 6.58. The third-order valence-corrected chi connectivity index (χ3v) is 3.45. The number of halogens is 1. The number of hydrogen-bond donors (Lipinski definition) is 1. The van der Waals surface area contributed by atoms with Gasteiger partial charge in [-0.1, -0.05) is 48.0 Å². The lowest BCUT2D eigenvalue weighted by Crippen LogP contribution is -2.35. The largest absolute Gasteiger partial charge is 0.319 e. The number of amides is 1. The molecule has 0 radical (unpaired) electrons. The topological polar surface area (TPSA) is 63.2 Å². The van der Waals surface area contributed by atoms with Crippen molar-refractivity contribution in [1.82, 2.24) is 0 Å². The first-order valence-corrected chi connectivity index (χ1v) is 7.08. The molecule has 2 aromatic rings. The summed E-state index contributed by atoms with van der Waals surface area (Å²) in [6.07, 6.45) is 0. The number of carbonyl (C=O) groups excluding carboxylic acids is 3. The number of carbonyl (C=O) groups is 3. The molecule has 0 bridgehead atoms. The van der Waals surface area contributed by atoms with Crippen molar-refractivity contribution in [3.63, 3.8) is 0 Å². The van der Waals surface area contributed by atoms with E-state index in [0.29, 0.717) is 11.3 Å². The fourth-order valence-corrected chi connectivity index (χ4v) is 2.04. The van der Waals surface area contributed by atoms with Crippen molar-refractivity contribution < 1.29 is 14.4 Å². The normalized spacial score (nSPS) is 11.5. The molecule has 0 aliphatic heterocycles. The first kappa shape index (κ1) is 15.9. The third kappa shape index (κ3) is 3.80. The maximum absolute atomic E-state index is 12.1. The lowest BCUT2D eigenvalue weighted by atomic mass is 10.0. The van der Waals surface area contributed by atoms with Gasteiger partial charge < -0.3 is 5.32 Å². The minimum Gasteiger partial charge on any atom is -0.319 e. The molecule has 4 nitrogen and oxygen atoms in total. The van der Waals surface area contributed by atoms with E-state index < -0.39 is 22.9 Å². The Morgan fingerprint density at radius 3 is 2.14 bits per heavy atom. The van der Waals surface area contributed by atoms with Crippen LogP contribution < -0.4 is 5.32 Å². The first-order valence-electron chi connectivity index (χ1n) is 6.64. The van der Waals surface area contributed by atoms with Crippen molar-refractivity contribution in [2.24, 2.45) is 0 Å². The molecule has 22 heavy (non-hydrogen) atoms. The van der Waals surface area contributed by atoms with Crippen LogP contribution in [0.25, 0.3) is 0 Å². The molecule has 0 heterocycles. The number of benzene rings is 2. The van der Waals surface area contributed by atoms with Crippen molar-refractivity contribution in [2.75, 3.05) is 5.32 Å². The van der Waals surface area contributed by atoms with E-state index in [-0.39, 0.29) is 0 Å². The molecule has 1 amide bonds. The number of hydrogen-bond acceptors (Lipinski definition) is 3. The third-order valence-electron chi connectivity index (χ3n) is 3.05. The van der Waals surface area contributed by atoms with Gasteiger partial charge in [0.25, 0.3) is 5.91 Å². The second-order valence-corrected chi connectivity index (χ2v) is 5.21. The van der Waals surface area contributed by atoms with Gasteiger partial charge in [0.2, 0.25) is 5.78 Å². The zero-order valence-corrected chi connectivity index (χ0v) is 12.6. The van der Waals surface area contributed by atoms with Crippen LogP contribution in [0.4, 0.5) is 5.69 Å². The van der Waals surface area contributed by atoms with Crippen LogP contribution in [0.5, 0.6) is 0 Å². The van der Waals surface area contributed by atoms with E-state index in [1.165, 1.54) is 0 Å². The van der Waals surface area contributed by atoms with Crippen molar-refractivity contribution in [3.05, 3.63) is 65.7 Å². The second-order valence-electron chi connectivity index (χ2n) is 4.78. The van der Waals surface area contributed by atoms with Gasteiger partial charge in [-0.05, 0) is 19.1 Å². The molecular weight excluding hydrogens is 302 g/mol. The van der Waals surface area contributed by atoms with Gasteiger partial charge in [-0.3, -0.25) is 14.4 Å². The minimum atomic E-state index is -1.54. The molecule has 2 rings (SSSR count). The lowest BCUT2D eigenvalue weighted by Gasteiger charge is -2.08. The molecule has 5 heteroatoms. The standard InChI is InChI=1S/C17H14ClNO3/c1-11-7-9-12(10-8-11)15(20)14(18)16(21)17(22)19-13-5-3-2-4-6-13/h2-10,14H,1H3,(H,19,22)/t14-/m1/s1. The SMILES string of the molecule is Cc1ccc(C(=O)[C@@H](Cl)C(=O)C(=O)Nc2ccccc2)cc1. The number of nitrogens with one attached hydrogen (secondary N) is 1. The van der Waals surface area contributed by atoms with Crippen LogP contribution in [0, 0.1) is 6.92 Å². The first-order chi connectivity index (χ1) is 10.5. The Morgan fingerprint density at radius 2 is 1.55 bits per heavy atom. The van der Waals surface area contributed by atoms with Crippen LogP contribution in [-0.4, -0.2) is 22.9 Å². The highest BCUT2D eigenvalue weighted by Crippen LogP contribution is 2.12. The van der Waals surface area contributed by atoms with Crippen LogP contribution >= 0.6 is 11.6 Å². The molecular formula is C17H14ClNO3. The van der Waals surface area contributed by atoms with Crippen molar-refractivity contribution >= 4 is 34.8 Å². The molecule has 0 aromatic heterocycles. The number of Topliss-reactive ketones (excluding diaryl/α,β-unsaturated/α-hetero) is 2. The summed E-state index contributed by atoms with van der Waals surface area (Å²) in [4.78, 5) is 35.9. The number of ketones is 2. The van der Waals surface area contributed by atoms with Gasteiger partial charge in [0, 0.05) is 11.3 Å². The summed E-state index contributed by atoms with van der Waals surface area (Å²) in [5, 5.41) is 0.877. The average Bonchev–Trinajstić information content (AvgIpc) is 2.54. The maximum atomic E-state index is 12.1. The summed E-state index contributed by atoms with van der Waals surface area (Å²) in [6, 6.07) is 15.1. The molecule has 0 unspecified atom stereocenters. The molecule has 112 valence electrons. The molecule has 2 aromatic carbocycles. The highest BCUT2D eigenvalue weighted by Gasteiger charge is 2.30. The van der Waals surface area contributed by atoms with Crippen molar-refractivity contribution in [3.8, 4) is 0 Å². The summed E-state index contributed by atoms with van der Waals surface area (Å²) in [7, 11) is 0. The van der Waals surface area contributed by atoms with Crippen molar-refractivity contribution in [1.29, 1.82) is 0 Å². The predicted molar refractivity (Wildman–Crippen MR) is 85.2 cm³/mol. The molecule has 1 N–H and O–H groups in total. The Hall–Kier alpha value is -2.46. The Bertz CT molecular complexity index is 696. The van der Waals surface area contributed by atoms with Crippen LogP contribution in [0.15, 0.2) is 54.6 Å². The molecule has 0 saturated heterocycles. The average molecular weight is 316 g/mol. The predicted octanol–water partition coefficient (Wildman–Crippen LogP) is 2.99. The minimum absolute atomic E-state index is 0.298. The number of alkyl halides is 1. The molecule has 0 fully saturated rings. The summed E-state index contributed by atoms with van der Waals surface area (Å²) in [5.74, 6) is -2.47. The van der Waals surface area contributed by atoms with E-state index in [9.17, 15) is 14.4 Å². The molecule has 1 atom stereocenters. The van der Waals surface area contributed by atoms with Crippen LogP contribution in [-0.2, 0) is 9.59 Å². The monoisotopic (exact) mass is 315 g/mol. The van der Waals surface area contributed by atoms with Gasteiger partial charge in [-0.25, -0.2) is 0 Å². The number of para-hydroxylation sites is 1. The van der Waals surface area contributed by atoms with E-state index >= 15 is 0 Å². The Balaban J connectivity index is 2.06. The Morgan fingerprint density at radius 1 is 0.955 bits per heavy atom. The van der Waals surface area contributed by atoms with Gasteiger partial charge in [-0.2, -0.15) is 0 Å². The molecule has 0 saturated carbocycles. The van der Waals surface area contributed by atoms with Gasteiger partial charge in [-0.15, -0.1) is 11.6 Å². The van der Waals surface area contributed by atoms with Gasteiger partial charge >= 0.3 is 0 Å². The van der Waals surface area contributed by atoms with Gasteiger partial charge in [0.05, 0.1) is 0 Å². The van der Waals surface area contributed by atoms with E-state index in [4.69, 9.17) is 11.6 Å². The van der Waals surface area contributed by atoms with E-state index in [1.807, 2.05) is 6.92 Å². The van der Waals surface area contributed by atoms with E-state index in [1.54, 1.807) is 54.6 Å². The summed E-state index contributed by atoms with van der Waals surface area (Å²) in [6.45, 7) is 1.88. The quantitative estimate of drug-likeness (QED) is 0.399. The Labute approximate surface area is 133 Å². The van der Waals surface area contributed by atoms with E-state index in [0.717, 1.165) is 5.56 Å². The van der Waals surface area contributed by atoms with Crippen molar-refractivity contribution in [2.45, 2.75) is 12.3 Å². The zero-order valence-electron chi connectivity index (χ0n) is 11.9.